The largest absolute Gasteiger partial charge is 0.224 e. The Morgan fingerprint density at radius 2 is 2.33 bits per heavy atom. The van der Waals surface area contributed by atoms with Crippen LogP contribution in [0.1, 0.15) is 0 Å². The maximum absolute atomic E-state index is 10.7. The molecule has 0 radical (unpaired) electrons. The molecule has 0 aromatic rings. The molecule has 0 aromatic carbocycles. The van der Waals surface area contributed by atoms with Crippen LogP contribution in [-0.4, -0.2) is 19.5 Å². The fraction of sp³-hybridized carbons (Fsp3) is 0.500. The van der Waals surface area contributed by atoms with E-state index in [0.717, 1.165) is 5.41 Å². The van der Waals surface area contributed by atoms with Crippen LogP contribution in [0.3, 0.4) is 0 Å². The molecule has 52 valence electrons. The van der Waals surface area contributed by atoms with Crippen molar-refractivity contribution in [2.75, 3.05) is 5.75 Å². The van der Waals surface area contributed by atoms with Gasteiger partial charge < -0.3 is 0 Å². The summed E-state index contributed by atoms with van der Waals surface area (Å²) in [7, 11) is -2.99. The maximum atomic E-state index is 10.7. The summed E-state index contributed by atoms with van der Waals surface area (Å²) in [4.78, 5) is 0. The first kappa shape index (κ1) is 7.57. The van der Waals surface area contributed by atoms with Gasteiger partial charge in [-0.3, -0.25) is 0 Å². The van der Waals surface area contributed by atoms with Crippen molar-refractivity contribution in [3.05, 3.63) is 9.89 Å². The Hall–Kier alpha value is 0.460. The van der Waals surface area contributed by atoms with Crippen molar-refractivity contribution in [1.29, 1.82) is 0 Å². The molecule has 1 unspecified atom stereocenters. The van der Waals surface area contributed by atoms with Gasteiger partial charge in [0.15, 0.2) is 9.84 Å². The van der Waals surface area contributed by atoms with Gasteiger partial charge in [-0.05, 0) is 0 Å². The highest BCUT2D eigenvalue weighted by Gasteiger charge is 2.25. The van der Waals surface area contributed by atoms with Crippen LogP contribution in [0.5, 0.6) is 0 Å². The van der Waals surface area contributed by atoms with E-state index < -0.39 is 9.84 Å². The van der Waals surface area contributed by atoms with Gasteiger partial charge in [0.05, 0.1) is 11.1 Å². The predicted molar refractivity (Wildman–Crippen MR) is 40.4 cm³/mol. The number of rotatable bonds is 0. The third-order valence-corrected chi connectivity index (χ3v) is 4.30. The predicted octanol–water partition coefficient (Wildman–Crippen LogP) is 1.26. The molecule has 1 aliphatic rings. The first-order chi connectivity index (χ1) is 4.01. The number of hydrogen-bond acceptors (Lipinski definition) is 2. The Bertz CT molecular complexity index is 243. The van der Waals surface area contributed by atoms with E-state index >= 15 is 0 Å². The third kappa shape index (κ3) is 1.69. The minimum absolute atomic E-state index is 0.0230. The number of halogens is 2. The SMILES string of the molecule is O=S1(=O)C=C(Br)C(Cl)C1. The zero-order chi connectivity index (χ0) is 7.07. The molecule has 1 rings (SSSR count). The normalized spacial score (nSPS) is 32.2. The van der Waals surface area contributed by atoms with E-state index in [4.69, 9.17) is 11.6 Å². The van der Waals surface area contributed by atoms with Crippen LogP contribution in [0, 0.1) is 0 Å². The first-order valence-electron chi connectivity index (χ1n) is 2.25. The molecule has 0 saturated carbocycles. The summed E-state index contributed by atoms with van der Waals surface area (Å²) >= 11 is 8.58. The van der Waals surface area contributed by atoms with Gasteiger partial charge >= 0.3 is 0 Å². The van der Waals surface area contributed by atoms with Crippen LogP contribution < -0.4 is 0 Å². The van der Waals surface area contributed by atoms with Crippen molar-refractivity contribution in [2.45, 2.75) is 5.38 Å². The number of sulfone groups is 1. The smallest absolute Gasteiger partial charge is 0.174 e. The summed E-state index contributed by atoms with van der Waals surface area (Å²) in [5.41, 5.74) is 0. The van der Waals surface area contributed by atoms with E-state index in [1.54, 1.807) is 0 Å². The standard InChI is InChI=1S/C4H4BrClO2S/c5-3-1-9(7,8)2-4(3)6/h1,4H,2H2. The molecule has 5 heteroatoms. The molecule has 0 amide bonds. The van der Waals surface area contributed by atoms with Crippen molar-refractivity contribution in [2.24, 2.45) is 0 Å². The molecule has 1 aliphatic heterocycles. The van der Waals surface area contributed by atoms with Crippen molar-refractivity contribution in [3.8, 4) is 0 Å². The second-order valence-electron chi connectivity index (χ2n) is 1.80. The molecule has 0 spiro atoms. The third-order valence-electron chi connectivity index (χ3n) is 0.970. The van der Waals surface area contributed by atoms with Crippen LogP contribution in [0.4, 0.5) is 0 Å². The van der Waals surface area contributed by atoms with E-state index in [-0.39, 0.29) is 11.1 Å². The Morgan fingerprint density at radius 1 is 1.78 bits per heavy atom. The summed E-state index contributed by atoms with van der Waals surface area (Å²) < 4.78 is 21.9. The quantitative estimate of drug-likeness (QED) is 0.588. The van der Waals surface area contributed by atoms with Gasteiger partial charge in [0.2, 0.25) is 0 Å². The fourth-order valence-electron chi connectivity index (χ4n) is 0.577. The van der Waals surface area contributed by atoms with Gasteiger partial charge in [-0.15, -0.1) is 11.6 Å². The summed E-state index contributed by atoms with van der Waals surface area (Å²) in [6, 6.07) is 0. The minimum Gasteiger partial charge on any atom is -0.224 e. The second kappa shape index (κ2) is 2.25. The number of allylic oxidation sites excluding steroid dienone is 1. The van der Waals surface area contributed by atoms with Crippen molar-refractivity contribution in [3.63, 3.8) is 0 Å². The highest BCUT2D eigenvalue weighted by molar-refractivity contribution is 9.12. The first-order valence-corrected chi connectivity index (χ1v) is 5.20. The maximum Gasteiger partial charge on any atom is 0.174 e. The molecule has 0 saturated heterocycles. The lowest BCUT2D eigenvalue weighted by atomic mass is 10.5. The van der Waals surface area contributed by atoms with Gasteiger partial charge in [-0.25, -0.2) is 8.42 Å². The molecule has 0 aliphatic carbocycles. The Morgan fingerprint density at radius 3 is 2.44 bits per heavy atom. The van der Waals surface area contributed by atoms with Crippen LogP contribution >= 0.6 is 27.5 Å². The average Bonchev–Trinajstić information content (AvgIpc) is 1.79. The number of hydrogen-bond donors (Lipinski definition) is 0. The van der Waals surface area contributed by atoms with E-state index in [1.165, 1.54) is 0 Å². The lowest BCUT2D eigenvalue weighted by molar-refractivity contribution is 0.606. The summed E-state index contributed by atoms with van der Waals surface area (Å²) in [5, 5.41) is 0.778. The van der Waals surface area contributed by atoms with Crippen molar-refractivity contribution >= 4 is 37.4 Å². The monoisotopic (exact) mass is 230 g/mol. The summed E-state index contributed by atoms with van der Waals surface area (Å²) in [5.74, 6) is 0.0230. The summed E-state index contributed by atoms with van der Waals surface area (Å²) in [6.07, 6.45) is 0. The Labute approximate surface area is 66.9 Å². The molecule has 0 N–H and O–H groups in total. The highest BCUT2D eigenvalue weighted by atomic mass is 79.9. The van der Waals surface area contributed by atoms with Crippen molar-refractivity contribution in [1.82, 2.24) is 0 Å². The average molecular weight is 231 g/mol. The highest BCUT2D eigenvalue weighted by Crippen LogP contribution is 2.26. The molecule has 9 heavy (non-hydrogen) atoms. The lowest BCUT2D eigenvalue weighted by Crippen LogP contribution is -2.04. The molecule has 1 atom stereocenters. The van der Waals surface area contributed by atoms with Gasteiger partial charge in [0.25, 0.3) is 0 Å². The van der Waals surface area contributed by atoms with Crippen LogP contribution in [-0.2, 0) is 9.84 Å². The van der Waals surface area contributed by atoms with Crippen LogP contribution in [0.25, 0.3) is 0 Å². The fourth-order valence-corrected chi connectivity index (χ4v) is 3.66. The zero-order valence-corrected chi connectivity index (χ0v) is 7.50. The molecule has 1 heterocycles. The molecule has 2 nitrogen and oxygen atoms in total. The van der Waals surface area contributed by atoms with E-state index in [0.29, 0.717) is 4.48 Å². The number of alkyl halides is 1. The molecular weight excluding hydrogens is 227 g/mol. The van der Waals surface area contributed by atoms with Crippen LogP contribution in [0.2, 0.25) is 0 Å². The Kier molecular flexibility index (Phi) is 1.89. The lowest BCUT2D eigenvalue weighted by Gasteiger charge is -1.92. The van der Waals surface area contributed by atoms with Crippen LogP contribution in [0.15, 0.2) is 9.89 Å². The van der Waals surface area contributed by atoms with E-state index in [9.17, 15) is 8.42 Å². The molecule has 0 bridgehead atoms. The topological polar surface area (TPSA) is 34.1 Å². The Balaban J connectivity index is 3.01. The van der Waals surface area contributed by atoms with Gasteiger partial charge in [0.1, 0.15) is 0 Å². The summed E-state index contributed by atoms with van der Waals surface area (Å²) in [6.45, 7) is 0. The van der Waals surface area contributed by atoms with E-state index in [2.05, 4.69) is 15.9 Å². The van der Waals surface area contributed by atoms with Gasteiger partial charge in [0, 0.05) is 9.89 Å². The molecular formula is C4H4BrClO2S. The minimum atomic E-state index is -2.99. The zero-order valence-electron chi connectivity index (χ0n) is 4.34. The van der Waals surface area contributed by atoms with Crippen molar-refractivity contribution < 1.29 is 8.42 Å². The van der Waals surface area contributed by atoms with E-state index in [1.807, 2.05) is 0 Å². The van der Waals surface area contributed by atoms with Gasteiger partial charge in [-0.1, -0.05) is 15.9 Å². The second-order valence-corrected chi connectivity index (χ2v) is 5.14. The molecule has 0 aromatic heterocycles. The molecule has 0 fully saturated rings. The van der Waals surface area contributed by atoms with Gasteiger partial charge in [-0.2, -0.15) is 0 Å².